The fourth-order valence-corrected chi connectivity index (χ4v) is 1.69. The molecule has 1 aliphatic carbocycles. The van der Waals surface area contributed by atoms with Crippen molar-refractivity contribution < 1.29 is 9.53 Å². The minimum absolute atomic E-state index is 0.153. The van der Waals surface area contributed by atoms with Crippen LogP contribution in [0.3, 0.4) is 0 Å². The Hall–Kier alpha value is -0.790. The molecule has 74 valence electrons. The zero-order valence-electron chi connectivity index (χ0n) is 8.08. The van der Waals surface area contributed by atoms with E-state index in [1.54, 1.807) is 0 Å². The Morgan fingerprint density at radius 1 is 1.08 bits per heavy atom. The van der Waals surface area contributed by atoms with Crippen LogP contribution in [0.5, 0.6) is 0 Å². The fourth-order valence-electron chi connectivity index (χ4n) is 1.69. The van der Waals surface area contributed by atoms with E-state index in [1.807, 2.05) is 0 Å². The summed E-state index contributed by atoms with van der Waals surface area (Å²) in [6, 6.07) is 0. The first kappa shape index (κ1) is 10.3. The van der Waals surface area contributed by atoms with Crippen LogP contribution in [0.15, 0.2) is 12.2 Å². The number of rotatable bonds is 2. The third-order valence-corrected chi connectivity index (χ3v) is 2.47. The minimum Gasteiger partial charge on any atom is -0.465 e. The van der Waals surface area contributed by atoms with E-state index in [1.165, 1.54) is 25.7 Å². The normalized spacial score (nSPS) is 25.1. The van der Waals surface area contributed by atoms with E-state index in [-0.39, 0.29) is 6.10 Å². The molecule has 0 aromatic rings. The zero-order chi connectivity index (χ0) is 9.36. The molecule has 0 N–H and O–H groups in total. The lowest BCUT2D eigenvalue weighted by atomic mass is 10.0. The highest BCUT2D eigenvalue weighted by Crippen LogP contribution is 2.14. The summed E-state index contributed by atoms with van der Waals surface area (Å²) in [6.45, 7) is 0.583. The molecule has 1 rings (SSSR count). The van der Waals surface area contributed by atoms with E-state index >= 15 is 0 Å². The average molecular weight is 182 g/mol. The quantitative estimate of drug-likeness (QED) is 0.485. The summed E-state index contributed by atoms with van der Waals surface area (Å²) in [5.74, 6) is 0. The molecule has 0 saturated carbocycles. The molecule has 1 aliphatic rings. The summed E-state index contributed by atoms with van der Waals surface area (Å²) in [5, 5.41) is 0. The highest BCUT2D eigenvalue weighted by Gasteiger charge is 2.08. The molecule has 0 amide bonds. The number of carbonyl (C=O) groups excluding carboxylic acids is 1. The van der Waals surface area contributed by atoms with Crippen LogP contribution in [0.2, 0.25) is 0 Å². The molecule has 0 spiro atoms. The second-order valence-electron chi connectivity index (χ2n) is 3.54. The van der Waals surface area contributed by atoms with Crippen LogP contribution in [-0.4, -0.2) is 12.6 Å². The van der Waals surface area contributed by atoms with Gasteiger partial charge in [-0.1, -0.05) is 18.6 Å². The molecule has 0 aliphatic heterocycles. The van der Waals surface area contributed by atoms with Gasteiger partial charge in [-0.15, -0.1) is 0 Å². The predicted molar refractivity (Wildman–Crippen MR) is 52.4 cm³/mol. The second kappa shape index (κ2) is 6.70. The highest BCUT2D eigenvalue weighted by molar-refractivity contribution is 5.37. The predicted octanol–water partition coefficient (Wildman–Crippen LogP) is 2.83. The van der Waals surface area contributed by atoms with Gasteiger partial charge in [0.25, 0.3) is 6.47 Å². The summed E-state index contributed by atoms with van der Waals surface area (Å²) in [5.41, 5.74) is 0. The maximum atomic E-state index is 10.2. The molecule has 0 radical (unpaired) electrons. The fraction of sp³-hybridized carbons (Fsp3) is 0.727. The maximum Gasteiger partial charge on any atom is 0.293 e. The monoisotopic (exact) mass is 182 g/mol. The van der Waals surface area contributed by atoms with Crippen molar-refractivity contribution in [3.63, 3.8) is 0 Å². The number of allylic oxidation sites excluding steroid dienone is 2. The van der Waals surface area contributed by atoms with Gasteiger partial charge in [-0.3, -0.25) is 4.79 Å². The molecule has 1 atom stereocenters. The van der Waals surface area contributed by atoms with Gasteiger partial charge in [0.05, 0.1) is 0 Å². The highest BCUT2D eigenvalue weighted by atomic mass is 16.5. The third kappa shape index (κ3) is 4.71. The molecule has 1 unspecified atom stereocenters. The molecule has 0 saturated heterocycles. The number of hydrogen-bond donors (Lipinski definition) is 0. The van der Waals surface area contributed by atoms with Crippen molar-refractivity contribution in [2.45, 2.75) is 51.0 Å². The van der Waals surface area contributed by atoms with Crippen LogP contribution in [0.25, 0.3) is 0 Å². The van der Waals surface area contributed by atoms with Crippen molar-refractivity contribution in [1.82, 2.24) is 0 Å². The maximum absolute atomic E-state index is 10.2. The molecular weight excluding hydrogens is 164 g/mol. The van der Waals surface area contributed by atoms with E-state index in [0.717, 1.165) is 19.3 Å². The first-order valence-electron chi connectivity index (χ1n) is 5.17. The Balaban J connectivity index is 2.31. The van der Waals surface area contributed by atoms with E-state index in [2.05, 4.69) is 12.2 Å². The van der Waals surface area contributed by atoms with Gasteiger partial charge in [0.15, 0.2) is 0 Å². The van der Waals surface area contributed by atoms with Crippen molar-refractivity contribution in [3.05, 3.63) is 12.2 Å². The summed E-state index contributed by atoms with van der Waals surface area (Å²) in [4.78, 5) is 10.2. The Bertz CT molecular complexity index is 163. The van der Waals surface area contributed by atoms with Crippen LogP contribution in [0, 0.1) is 0 Å². The van der Waals surface area contributed by atoms with Crippen molar-refractivity contribution in [2.75, 3.05) is 0 Å². The lowest BCUT2D eigenvalue weighted by molar-refractivity contribution is -0.134. The van der Waals surface area contributed by atoms with Gasteiger partial charge < -0.3 is 4.74 Å². The zero-order valence-corrected chi connectivity index (χ0v) is 8.08. The third-order valence-electron chi connectivity index (χ3n) is 2.47. The van der Waals surface area contributed by atoms with Crippen molar-refractivity contribution in [1.29, 1.82) is 0 Å². The molecule has 0 bridgehead atoms. The van der Waals surface area contributed by atoms with Crippen molar-refractivity contribution in [3.8, 4) is 0 Å². The van der Waals surface area contributed by atoms with Gasteiger partial charge in [0.2, 0.25) is 0 Å². The van der Waals surface area contributed by atoms with Gasteiger partial charge in [-0.05, 0) is 38.5 Å². The molecule has 0 fully saturated rings. The van der Waals surface area contributed by atoms with Gasteiger partial charge in [0.1, 0.15) is 6.10 Å². The molecule has 0 aromatic carbocycles. The average Bonchev–Trinajstić information content (AvgIpc) is 2.16. The largest absolute Gasteiger partial charge is 0.465 e. The van der Waals surface area contributed by atoms with Crippen molar-refractivity contribution >= 4 is 6.47 Å². The van der Waals surface area contributed by atoms with E-state index in [9.17, 15) is 4.79 Å². The lowest BCUT2D eigenvalue weighted by Crippen LogP contribution is -2.11. The molecule has 0 aromatic heterocycles. The number of carbonyl (C=O) groups is 1. The van der Waals surface area contributed by atoms with Crippen molar-refractivity contribution in [2.24, 2.45) is 0 Å². The Kier molecular flexibility index (Phi) is 5.30. The van der Waals surface area contributed by atoms with Gasteiger partial charge >= 0.3 is 0 Å². The lowest BCUT2D eigenvalue weighted by Gasteiger charge is -2.14. The van der Waals surface area contributed by atoms with E-state index in [4.69, 9.17) is 4.74 Å². The van der Waals surface area contributed by atoms with Crippen LogP contribution in [0.1, 0.15) is 44.9 Å². The molecule has 2 heteroatoms. The summed E-state index contributed by atoms with van der Waals surface area (Å²) < 4.78 is 5.00. The van der Waals surface area contributed by atoms with Crippen LogP contribution < -0.4 is 0 Å². The van der Waals surface area contributed by atoms with E-state index < -0.39 is 0 Å². The minimum atomic E-state index is 0.153. The summed E-state index contributed by atoms with van der Waals surface area (Å²) >= 11 is 0. The Morgan fingerprint density at radius 2 is 1.92 bits per heavy atom. The second-order valence-corrected chi connectivity index (χ2v) is 3.54. The van der Waals surface area contributed by atoms with Crippen LogP contribution >= 0.6 is 0 Å². The first-order valence-corrected chi connectivity index (χ1v) is 5.17. The Morgan fingerprint density at radius 3 is 2.77 bits per heavy atom. The number of ether oxygens (including phenoxy) is 1. The van der Waals surface area contributed by atoms with E-state index in [0.29, 0.717) is 6.47 Å². The van der Waals surface area contributed by atoms with Gasteiger partial charge in [-0.2, -0.15) is 0 Å². The summed E-state index contributed by atoms with van der Waals surface area (Å²) in [7, 11) is 0. The van der Waals surface area contributed by atoms with Crippen LogP contribution in [0.4, 0.5) is 0 Å². The SMILES string of the molecule is O=COC1CCC=CCCCCC1. The van der Waals surface area contributed by atoms with Gasteiger partial charge in [0, 0.05) is 0 Å². The topological polar surface area (TPSA) is 26.3 Å². The van der Waals surface area contributed by atoms with Gasteiger partial charge in [-0.25, -0.2) is 0 Å². The van der Waals surface area contributed by atoms with Crippen LogP contribution in [-0.2, 0) is 9.53 Å². The smallest absolute Gasteiger partial charge is 0.293 e. The standard InChI is InChI=1S/C11H18O2/c12-10-13-11-8-6-4-2-1-3-5-7-9-11/h2,4,10-11H,1,3,5-9H2. The first-order chi connectivity index (χ1) is 6.43. The molecular formula is C11H18O2. The molecule has 13 heavy (non-hydrogen) atoms. The molecule has 2 nitrogen and oxygen atoms in total. The summed E-state index contributed by atoms with van der Waals surface area (Å²) in [6.07, 6.45) is 12.6. The molecule has 0 heterocycles. The Labute approximate surface area is 80.0 Å². The number of hydrogen-bond acceptors (Lipinski definition) is 2.